The Hall–Kier alpha value is -1.92. The number of nitrogen functional groups attached to an aromatic ring is 1. The predicted octanol–water partition coefficient (Wildman–Crippen LogP) is 2.91. The third-order valence-corrected chi connectivity index (χ3v) is 4.69. The quantitative estimate of drug-likeness (QED) is 0.778. The number of rotatable bonds is 4. The molecule has 0 aliphatic carbocycles. The van der Waals surface area contributed by atoms with Crippen molar-refractivity contribution in [3.63, 3.8) is 0 Å². The van der Waals surface area contributed by atoms with Crippen molar-refractivity contribution in [1.82, 2.24) is 10.3 Å². The number of benzene rings is 1. The molecule has 3 aromatic rings. The highest BCUT2D eigenvalue weighted by Gasteiger charge is 2.08. The van der Waals surface area contributed by atoms with Gasteiger partial charge in [0.25, 0.3) is 5.91 Å². The number of fused-ring (bicyclic) bond motifs is 1. The van der Waals surface area contributed by atoms with Crippen LogP contribution in [0.5, 0.6) is 0 Å². The van der Waals surface area contributed by atoms with Gasteiger partial charge in [0.05, 0.1) is 10.2 Å². The van der Waals surface area contributed by atoms with Gasteiger partial charge in [-0.2, -0.15) is 0 Å². The Morgan fingerprint density at radius 2 is 2.25 bits per heavy atom. The number of carbonyl (C=O) groups excluding carboxylic acids is 1. The topological polar surface area (TPSA) is 68.0 Å². The highest BCUT2D eigenvalue weighted by Crippen LogP contribution is 2.24. The third kappa shape index (κ3) is 2.81. The molecule has 0 atom stereocenters. The first-order valence-electron chi connectivity index (χ1n) is 6.19. The number of anilines is 1. The molecule has 2 heterocycles. The summed E-state index contributed by atoms with van der Waals surface area (Å²) in [6.07, 6.45) is 0.860. The minimum atomic E-state index is -0.0598. The molecule has 20 heavy (non-hydrogen) atoms. The van der Waals surface area contributed by atoms with E-state index in [4.69, 9.17) is 5.73 Å². The maximum Gasteiger partial charge on any atom is 0.251 e. The Morgan fingerprint density at radius 1 is 1.35 bits per heavy atom. The van der Waals surface area contributed by atoms with Gasteiger partial charge >= 0.3 is 0 Å². The van der Waals surface area contributed by atoms with Crippen LogP contribution in [0.4, 0.5) is 5.13 Å². The molecule has 3 N–H and O–H groups in total. The summed E-state index contributed by atoms with van der Waals surface area (Å²) in [7, 11) is 0. The number of hydrogen-bond acceptors (Lipinski definition) is 5. The Balaban J connectivity index is 1.65. The van der Waals surface area contributed by atoms with Crippen molar-refractivity contribution < 1.29 is 4.79 Å². The molecule has 3 rings (SSSR count). The monoisotopic (exact) mass is 303 g/mol. The molecule has 0 bridgehead atoms. The van der Waals surface area contributed by atoms with E-state index in [1.165, 1.54) is 16.2 Å². The van der Waals surface area contributed by atoms with Gasteiger partial charge in [-0.15, -0.1) is 11.3 Å². The maximum atomic E-state index is 12.1. The maximum absolute atomic E-state index is 12.1. The molecule has 0 radical (unpaired) electrons. The zero-order chi connectivity index (χ0) is 13.9. The lowest BCUT2D eigenvalue weighted by atomic mass is 10.2. The van der Waals surface area contributed by atoms with E-state index in [1.807, 2.05) is 23.6 Å². The van der Waals surface area contributed by atoms with Gasteiger partial charge in [0.1, 0.15) is 0 Å². The molecule has 2 aromatic heterocycles. The molecule has 0 aliphatic rings. The number of nitrogens with two attached hydrogens (primary N) is 1. The van der Waals surface area contributed by atoms with Crippen LogP contribution in [0, 0.1) is 0 Å². The molecule has 1 amide bonds. The number of aromatic nitrogens is 1. The van der Waals surface area contributed by atoms with Crippen molar-refractivity contribution >= 4 is 43.9 Å². The first kappa shape index (κ1) is 13.1. The number of nitrogens with zero attached hydrogens (tertiary/aromatic N) is 1. The standard InChI is InChI=1S/C14H13N3OS2/c15-14-17-11-4-3-9(8-12(11)20-14)13(18)16-6-5-10-2-1-7-19-10/h1-4,7-8H,5-6H2,(H2,15,17)(H,16,18). The van der Waals surface area contributed by atoms with Crippen LogP contribution in [0.1, 0.15) is 15.2 Å². The van der Waals surface area contributed by atoms with Crippen LogP contribution in [0.15, 0.2) is 35.7 Å². The molecule has 0 aliphatic heterocycles. The van der Waals surface area contributed by atoms with Gasteiger partial charge in [-0.1, -0.05) is 17.4 Å². The van der Waals surface area contributed by atoms with E-state index in [9.17, 15) is 4.79 Å². The Morgan fingerprint density at radius 3 is 3.05 bits per heavy atom. The number of nitrogens with one attached hydrogen (secondary N) is 1. The summed E-state index contributed by atoms with van der Waals surface area (Å²) in [5.41, 5.74) is 7.14. The molecule has 0 unspecified atom stereocenters. The van der Waals surface area contributed by atoms with E-state index in [1.54, 1.807) is 17.4 Å². The van der Waals surface area contributed by atoms with E-state index in [2.05, 4.69) is 16.4 Å². The molecular weight excluding hydrogens is 290 g/mol. The summed E-state index contributed by atoms with van der Waals surface area (Å²) in [5, 5.41) is 5.49. The Bertz CT molecular complexity index is 734. The molecule has 6 heteroatoms. The van der Waals surface area contributed by atoms with Gasteiger partial charge < -0.3 is 11.1 Å². The summed E-state index contributed by atoms with van der Waals surface area (Å²) in [6.45, 7) is 0.641. The lowest BCUT2D eigenvalue weighted by molar-refractivity contribution is 0.0954. The minimum absolute atomic E-state index is 0.0598. The zero-order valence-electron chi connectivity index (χ0n) is 10.6. The number of carbonyl (C=O) groups is 1. The Kier molecular flexibility index (Phi) is 3.66. The van der Waals surface area contributed by atoms with E-state index in [0.29, 0.717) is 17.2 Å². The van der Waals surface area contributed by atoms with Crippen LogP contribution in [0.3, 0.4) is 0 Å². The molecule has 1 aromatic carbocycles. The first-order chi connectivity index (χ1) is 9.72. The first-order valence-corrected chi connectivity index (χ1v) is 7.88. The van der Waals surface area contributed by atoms with Crippen LogP contribution in [0.2, 0.25) is 0 Å². The van der Waals surface area contributed by atoms with Crippen LogP contribution < -0.4 is 11.1 Å². The highest BCUT2D eigenvalue weighted by molar-refractivity contribution is 7.22. The minimum Gasteiger partial charge on any atom is -0.375 e. The lowest BCUT2D eigenvalue weighted by Gasteiger charge is -2.04. The highest BCUT2D eigenvalue weighted by atomic mass is 32.1. The van der Waals surface area contributed by atoms with E-state index < -0.39 is 0 Å². The molecular formula is C14H13N3OS2. The summed E-state index contributed by atoms with van der Waals surface area (Å²) in [4.78, 5) is 17.5. The van der Waals surface area contributed by atoms with Gasteiger partial charge in [0.2, 0.25) is 0 Å². The van der Waals surface area contributed by atoms with E-state index in [0.717, 1.165) is 16.6 Å². The van der Waals surface area contributed by atoms with Gasteiger partial charge in [0, 0.05) is 17.0 Å². The predicted molar refractivity (Wildman–Crippen MR) is 84.4 cm³/mol. The second-order valence-corrected chi connectivity index (χ2v) is 6.41. The second-order valence-electron chi connectivity index (χ2n) is 4.32. The van der Waals surface area contributed by atoms with E-state index >= 15 is 0 Å². The fourth-order valence-corrected chi connectivity index (χ4v) is 3.42. The lowest BCUT2D eigenvalue weighted by Crippen LogP contribution is -2.25. The van der Waals surface area contributed by atoms with Crippen LogP contribution >= 0.6 is 22.7 Å². The van der Waals surface area contributed by atoms with Crippen LogP contribution in [-0.2, 0) is 6.42 Å². The van der Waals surface area contributed by atoms with Gasteiger partial charge in [0.15, 0.2) is 5.13 Å². The van der Waals surface area contributed by atoms with Crippen molar-refractivity contribution in [2.75, 3.05) is 12.3 Å². The summed E-state index contributed by atoms with van der Waals surface area (Å²) in [6, 6.07) is 9.54. The summed E-state index contributed by atoms with van der Waals surface area (Å²) < 4.78 is 0.938. The second kappa shape index (κ2) is 5.60. The van der Waals surface area contributed by atoms with Gasteiger partial charge in [-0.25, -0.2) is 4.98 Å². The summed E-state index contributed by atoms with van der Waals surface area (Å²) >= 11 is 3.10. The zero-order valence-corrected chi connectivity index (χ0v) is 12.3. The smallest absolute Gasteiger partial charge is 0.251 e. The van der Waals surface area contributed by atoms with Crippen molar-refractivity contribution in [2.24, 2.45) is 0 Å². The molecule has 0 fully saturated rings. The van der Waals surface area contributed by atoms with Gasteiger partial charge in [-0.05, 0) is 36.1 Å². The number of thiazole rings is 1. The summed E-state index contributed by atoms with van der Waals surface area (Å²) in [5.74, 6) is -0.0598. The fourth-order valence-electron chi connectivity index (χ4n) is 1.94. The molecule has 4 nitrogen and oxygen atoms in total. The molecule has 0 saturated carbocycles. The third-order valence-electron chi connectivity index (χ3n) is 2.90. The van der Waals surface area contributed by atoms with Crippen molar-refractivity contribution in [3.05, 3.63) is 46.2 Å². The largest absolute Gasteiger partial charge is 0.375 e. The molecule has 102 valence electrons. The van der Waals surface area contributed by atoms with Crippen LogP contribution in [-0.4, -0.2) is 17.4 Å². The van der Waals surface area contributed by atoms with Crippen molar-refractivity contribution in [2.45, 2.75) is 6.42 Å². The van der Waals surface area contributed by atoms with Gasteiger partial charge in [-0.3, -0.25) is 4.79 Å². The van der Waals surface area contributed by atoms with Crippen molar-refractivity contribution in [3.8, 4) is 0 Å². The average molecular weight is 303 g/mol. The SMILES string of the molecule is Nc1nc2ccc(C(=O)NCCc3cccs3)cc2s1. The van der Waals surface area contributed by atoms with Crippen molar-refractivity contribution in [1.29, 1.82) is 0 Å². The number of hydrogen-bond donors (Lipinski definition) is 2. The Labute approximate surface area is 124 Å². The molecule has 0 saturated heterocycles. The normalized spacial score (nSPS) is 10.8. The average Bonchev–Trinajstić information content (AvgIpc) is 3.05. The van der Waals surface area contributed by atoms with Crippen LogP contribution in [0.25, 0.3) is 10.2 Å². The van der Waals surface area contributed by atoms with E-state index in [-0.39, 0.29) is 5.91 Å². The number of thiophene rings is 1. The fraction of sp³-hybridized carbons (Fsp3) is 0.143. The number of amides is 1. The molecule has 0 spiro atoms.